The van der Waals surface area contributed by atoms with Crippen molar-refractivity contribution in [3.8, 4) is 22.9 Å². The number of aromatic nitrogens is 5. The number of hydrogen-bond donors (Lipinski definition) is 0. The second-order valence-corrected chi connectivity index (χ2v) is 16.9. The third-order valence-electron chi connectivity index (χ3n) is 13.7. The van der Waals surface area contributed by atoms with Crippen molar-refractivity contribution in [3.63, 3.8) is 0 Å². The molecule has 10 aromatic carbocycles. The fraction of sp³-hybridized carbons (Fsp3) is 0. The molecule has 0 saturated carbocycles. The minimum atomic E-state index is 0.638. The lowest BCUT2D eigenvalue weighted by atomic mass is 9.98. The molecule has 0 atom stereocenters. The third kappa shape index (κ3) is 4.25. The lowest BCUT2D eigenvalue weighted by Gasteiger charge is -2.16. The molecule has 0 unspecified atom stereocenters. The zero-order valence-electron chi connectivity index (χ0n) is 33.8. The highest BCUT2D eigenvalue weighted by Gasteiger charge is 2.29. The summed E-state index contributed by atoms with van der Waals surface area (Å²) < 4.78 is 7.45. The molecule has 15 aromatic rings. The molecule has 5 aromatic heterocycles. The van der Waals surface area contributed by atoms with E-state index in [1.165, 1.54) is 59.5 Å². The molecule has 5 heteroatoms. The molecule has 290 valence electrons. The number of rotatable bonds is 3. The molecule has 5 nitrogen and oxygen atoms in total. The van der Waals surface area contributed by atoms with Crippen molar-refractivity contribution < 1.29 is 0 Å². The van der Waals surface area contributed by atoms with Crippen molar-refractivity contribution in [1.82, 2.24) is 23.5 Å². The van der Waals surface area contributed by atoms with E-state index in [9.17, 15) is 0 Å². The summed E-state index contributed by atoms with van der Waals surface area (Å²) in [6.45, 7) is 0. The molecule has 0 saturated heterocycles. The van der Waals surface area contributed by atoms with Crippen LogP contribution in [0.3, 0.4) is 0 Å². The summed E-state index contributed by atoms with van der Waals surface area (Å²) in [5, 5.41) is 15.3. The van der Waals surface area contributed by atoms with E-state index in [0.717, 1.165) is 71.6 Å². The molecule has 0 radical (unpaired) electrons. The van der Waals surface area contributed by atoms with Crippen molar-refractivity contribution in [3.05, 3.63) is 200 Å². The van der Waals surface area contributed by atoms with Crippen molar-refractivity contribution in [2.24, 2.45) is 0 Å². The fourth-order valence-electron chi connectivity index (χ4n) is 11.2. The Kier molecular flexibility index (Phi) is 6.36. The van der Waals surface area contributed by atoms with Crippen LogP contribution >= 0.6 is 0 Å². The summed E-state index contributed by atoms with van der Waals surface area (Å²) in [6.07, 6.45) is 0. The Morgan fingerprint density at radius 2 is 0.952 bits per heavy atom. The Labute approximate surface area is 359 Å². The second-order valence-electron chi connectivity index (χ2n) is 16.9. The number of hydrogen-bond acceptors (Lipinski definition) is 2. The van der Waals surface area contributed by atoms with E-state index in [-0.39, 0.29) is 0 Å². The van der Waals surface area contributed by atoms with Gasteiger partial charge in [-0.2, -0.15) is 0 Å². The zero-order valence-corrected chi connectivity index (χ0v) is 33.8. The highest BCUT2D eigenvalue weighted by atomic mass is 15.2. The summed E-state index contributed by atoms with van der Waals surface area (Å²) in [4.78, 5) is 11.5. The van der Waals surface area contributed by atoms with E-state index in [1.54, 1.807) is 0 Å². The average molecular weight is 800 g/mol. The van der Waals surface area contributed by atoms with Gasteiger partial charge in [0.05, 0.1) is 49.8 Å². The molecule has 5 heterocycles. The first-order chi connectivity index (χ1) is 31.3. The maximum absolute atomic E-state index is 5.80. The molecule has 0 aliphatic rings. The van der Waals surface area contributed by atoms with Gasteiger partial charge in [-0.25, -0.2) is 9.97 Å². The molecule has 15 rings (SSSR count). The van der Waals surface area contributed by atoms with Crippen LogP contribution in [0.4, 0.5) is 0 Å². The van der Waals surface area contributed by atoms with Crippen LogP contribution in [0.25, 0.3) is 137 Å². The minimum Gasteiger partial charge on any atom is -0.308 e. The molecule has 0 amide bonds. The van der Waals surface area contributed by atoms with Gasteiger partial charge >= 0.3 is 0 Å². The molecule has 0 spiro atoms. The predicted octanol–water partition coefficient (Wildman–Crippen LogP) is 14.9. The zero-order chi connectivity index (χ0) is 40.9. The minimum absolute atomic E-state index is 0.638. The van der Waals surface area contributed by atoms with Gasteiger partial charge in [0.1, 0.15) is 0 Å². The Bertz CT molecular complexity index is 4420. The highest BCUT2D eigenvalue weighted by molar-refractivity contribution is 6.39. The summed E-state index contributed by atoms with van der Waals surface area (Å²) in [5.41, 5.74) is 12.0. The normalized spacial score (nSPS) is 12.4. The molecule has 63 heavy (non-hydrogen) atoms. The Morgan fingerprint density at radius 3 is 1.76 bits per heavy atom. The standard InChI is InChI=1S/C58H33N5/c1-3-17-35(18-4-1)53-50-38-22-9-7-16-34(38)30-31-46(50)59-58(60-53)63-55-39-23-10-8-19-36(39)32-44-43-27-15-26-42-40-24-11-14-29-48(40)62(54(42)43)49-33-45-41-25-12-13-28-47(41)61(37-20-5-2-6-21-37)56(45)57(63)52(49)51(44)55/h1-33H. The van der Waals surface area contributed by atoms with Gasteiger partial charge in [0.15, 0.2) is 0 Å². The average Bonchev–Trinajstić information content (AvgIpc) is 3.97. The lowest BCUT2D eigenvalue weighted by Crippen LogP contribution is -2.05. The molecular weight excluding hydrogens is 767 g/mol. The topological polar surface area (TPSA) is 40.0 Å². The van der Waals surface area contributed by atoms with Crippen LogP contribution < -0.4 is 0 Å². The Hall–Kier alpha value is -8.54. The maximum atomic E-state index is 5.80. The van der Waals surface area contributed by atoms with Gasteiger partial charge in [0.25, 0.3) is 0 Å². The Balaban J connectivity index is 1.30. The first-order valence-electron chi connectivity index (χ1n) is 21.6. The monoisotopic (exact) mass is 799 g/mol. The summed E-state index contributed by atoms with van der Waals surface area (Å²) in [7, 11) is 0. The van der Waals surface area contributed by atoms with Gasteiger partial charge in [-0.05, 0) is 64.0 Å². The lowest BCUT2D eigenvalue weighted by molar-refractivity contribution is 1.02. The molecular formula is C58H33N5. The van der Waals surface area contributed by atoms with Crippen molar-refractivity contribution in [2.45, 2.75) is 0 Å². The van der Waals surface area contributed by atoms with Crippen LogP contribution in [-0.4, -0.2) is 23.5 Å². The smallest absolute Gasteiger partial charge is 0.235 e. The summed E-state index contributed by atoms with van der Waals surface area (Å²) >= 11 is 0. The van der Waals surface area contributed by atoms with E-state index in [4.69, 9.17) is 9.97 Å². The number of nitrogens with zero attached hydrogens (tertiary/aromatic N) is 5. The number of para-hydroxylation sites is 4. The van der Waals surface area contributed by atoms with Gasteiger partial charge in [-0.15, -0.1) is 0 Å². The van der Waals surface area contributed by atoms with E-state index in [2.05, 4.69) is 214 Å². The molecule has 0 fully saturated rings. The maximum Gasteiger partial charge on any atom is 0.235 e. The third-order valence-corrected chi connectivity index (χ3v) is 13.7. The van der Waals surface area contributed by atoms with Crippen LogP contribution in [0.5, 0.6) is 0 Å². The molecule has 0 aliphatic heterocycles. The largest absolute Gasteiger partial charge is 0.308 e. The summed E-state index contributed by atoms with van der Waals surface area (Å²) in [6, 6.07) is 72.8. The van der Waals surface area contributed by atoms with Crippen molar-refractivity contribution in [2.75, 3.05) is 0 Å². The highest BCUT2D eigenvalue weighted by Crippen LogP contribution is 2.50. The van der Waals surface area contributed by atoms with Gasteiger partial charge in [-0.3, -0.25) is 4.57 Å². The molecule has 0 N–H and O–H groups in total. The molecule has 0 bridgehead atoms. The first-order valence-corrected chi connectivity index (χ1v) is 21.6. The van der Waals surface area contributed by atoms with Crippen molar-refractivity contribution >= 4 is 114 Å². The second kappa shape index (κ2) is 12.1. The van der Waals surface area contributed by atoms with Crippen LogP contribution in [0, 0.1) is 0 Å². The predicted molar refractivity (Wildman–Crippen MR) is 263 cm³/mol. The van der Waals surface area contributed by atoms with Crippen LogP contribution in [0.2, 0.25) is 0 Å². The Morgan fingerprint density at radius 1 is 0.317 bits per heavy atom. The van der Waals surface area contributed by atoms with E-state index >= 15 is 0 Å². The fourth-order valence-corrected chi connectivity index (χ4v) is 11.2. The SMILES string of the molecule is c1ccc(-c2nc(-n3c4c5ccccc5cc5c6cccc7c8ccccc8n(c8cc9c%10ccccc%10n(-c%10ccccc%10)c9c3c8c54)c67)nc3ccc4ccccc4c23)cc1. The van der Waals surface area contributed by atoms with E-state index < -0.39 is 0 Å². The van der Waals surface area contributed by atoms with E-state index in [1.807, 2.05) is 0 Å². The van der Waals surface area contributed by atoms with Crippen LogP contribution in [0.1, 0.15) is 0 Å². The van der Waals surface area contributed by atoms with Gasteiger partial charge in [0.2, 0.25) is 5.95 Å². The van der Waals surface area contributed by atoms with Crippen molar-refractivity contribution in [1.29, 1.82) is 0 Å². The van der Waals surface area contributed by atoms with Crippen LogP contribution in [0.15, 0.2) is 200 Å². The quantitative estimate of drug-likeness (QED) is 0.167. The number of fused-ring (bicyclic) bond motifs is 14. The first kappa shape index (κ1) is 33.2. The summed E-state index contributed by atoms with van der Waals surface area (Å²) in [5.74, 6) is 0.638. The van der Waals surface area contributed by atoms with Gasteiger partial charge in [0, 0.05) is 59.7 Å². The molecule has 0 aliphatic carbocycles. The van der Waals surface area contributed by atoms with Gasteiger partial charge in [-0.1, -0.05) is 158 Å². The van der Waals surface area contributed by atoms with Gasteiger partial charge < -0.3 is 8.97 Å². The number of benzene rings is 10. The van der Waals surface area contributed by atoms with Crippen LogP contribution in [-0.2, 0) is 0 Å². The van der Waals surface area contributed by atoms with E-state index in [0.29, 0.717) is 5.95 Å².